The van der Waals surface area contributed by atoms with E-state index in [4.69, 9.17) is 5.73 Å². The number of aryl methyl sites for hydroxylation is 1. The number of hydrogen-bond acceptors (Lipinski definition) is 3. The minimum atomic E-state index is -0.620. The zero-order valence-corrected chi connectivity index (χ0v) is 10.5. The lowest BCUT2D eigenvalue weighted by Crippen LogP contribution is -2.64. The Hall–Kier alpha value is -1.55. The normalized spacial score (nSPS) is 21.6. The SMILES string of the molecule is Cc1cc(N)cc(C(=O)N2CC(O)(C3CC3)C2)c1. The van der Waals surface area contributed by atoms with E-state index >= 15 is 0 Å². The molecule has 0 atom stereocenters. The highest BCUT2D eigenvalue weighted by molar-refractivity contribution is 5.96. The molecule has 96 valence electrons. The molecule has 2 aliphatic rings. The molecular formula is C14H18N2O2. The predicted molar refractivity (Wildman–Crippen MR) is 69.2 cm³/mol. The van der Waals surface area contributed by atoms with Crippen molar-refractivity contribution < 1.29 is 9.90 Å². The summed E-state index contributed by atoms with van der Waals surface area (Å²) in [4.78, 5) is 13.9. The van der Waals surface area contributed by atoms with Gasteiger partial charge in [-0.1, -0.05) is 0 Å². The maximum atomic E-state index is 12.2. The van der Waals surface area contributed by atoms with Gasteiger partial charge in [-0.05, 0) is 49.4 Å². The molecule has 3 N–H and O–H groups in total. The Bertz CT molecular complexity index is 482. The van der Waals surface area contributed by atoms with Crippen molar-refractivity contribution in [1.29, 1.82) is 0 Å². The molecule has 1 heterocycles. The van der Waals surface area contributed by atoms with Crippen molar-refractivity contribution >= 4 is 11.6 Å². The molecule has 2 fully saturated rings. The largest absolute Gasteiger partial charge is 0.399 e. The third-order valence-electron chi connectivity index (χ3n) is 3.90. The number of nitrogens with zero attached hydrogens (tertiary/aromatic N) is 1. The molecule has 0 unspecified atom stereocenters. The second kappa shape index (κ2) is 3.72. The van der Waals surface area contributed by atoms with E-state index in [9.17, 15) is 9.90 Å². The highest BCUT2D eigenvalue weighted by atomic mass is 16.3. The van der Waals surface area contributed by atoms with Crippen LogP contribution in [0.15, 0.2) is 18.2 Å². The average molecular weight is 246 g/mol. The molecule has 0 bridgehead atoms. The standard InChI is InChI=1S/C14H18N2O2/c1-9-4-10(6-12(15)5-9)13(17)16-7-14(18,8-16)11-2-3-11/h4-6,11,18H,2-3,7-8,15H2,1H3. The van der Waals surface area contributed by atoms with Crippen LogP contribution in [0.25, 0.3) is 0 Å². The zero-order valence-electron chi connectivity index (χ0n) is 10.5. The molecule has 4 nitrogen and oxygen atoms in total. The maximum absolute atomic E-state index is 12.2. The lowest BCUT2D eigenvalue weighted by atomic mass is 9.88. The van der Waals surface area contributed by atoms with Crippen molar-refractivity contribution in [2.75, 3.05) is 18.8 Å². The Morgan fingerprint density at radius 2 is 2.06 bits per heavy atom. The van der Waals surface area contributed by atoms with Gasteiger partial charge in [0.2, 0.25) is 0 Å². The molecule has 1 aromatic rings. The summed E-state index contributed by atoms with van der Waals surface area (Å²) < 4.78 is 0. The van der Waals surface area contributed by atoms with Gasteiger partial charge in [0, 0.05) is 11.3 Å². The molecule has 3 rings (SSSR count). The van der Waals surface area contributed by atoms with Gasteiger partial charge >= 0.3 is 0 Å². The van der Waals surface area contributed by atoms with E-state index in [1.807, 2.05) is 19.1 Å². The van der Waals surface area contributed by atoms with Crippen LogP contribution < -0.4 is 5.73 Å². The summed E-state index contributed by atoms with van der Waals surface area (Å²) in [5.74, 6) is 0.375. The number of likely N-dealkylation sites (tertiary alicyclic amines) is 1. The van der Waals surface area contributed by atoms with Gasteiger partial charge in [0.25, 0.3) is 5.91 Å². The van der Waals surface area contributed by atoms with E-state index in [-0.39, 0.29) is 5.91 Å². The molecule has 0 spiro atoms. The molecule has 1 saturated carbocycles. The fourth-order valence-electron chi connectivity index (χ4n) is 2.76. The van der Waals surface area contributed by atoms with E-state index in [2.05, 4.69) is 0 Å². The number of anilines is 1. The number of aliphatic hydroxyl groups is 1. The molecule has 1 aromatic carbocycles. The molecule has 4 heteroatoms. The van der Waals surface area contributed by atoms with Gasteiger partial charge in [0.05, 0.1) is 13.1 Å². The number of carbonyl (C=O) groups is 1. The minimum Gasteiger partial charge on any atom is -0.399 e. The second-order valence-corrected chi connectivity index (χ2v) is 5.67. The van der Waals surface area contributed by atoms with Crippen LogP contribution in [0.3, 0.4) is 0 Å². The Labute approximate surface area is 106 Å². The van der Waals surface area contributed by atoms with Crippen LogP contribution >= 0.6 is 0 Å². The molecule has 1 aliphatic carbocycles. The number of amides is 1. The number of carbonyl (C=O) groups excluding carboxylic acids is 1. The van der Waals surface area contributed by atoms with Crippen LogP contribution in [0.4, 0.5) is 5.69 Å². The third-order valence-corrected chi connectivity index (χ3v) is 3.90. The van der Waals surface area contributed by atoms with Crippen molar-refractivity contribution in [2.24, 2.45) is 5.92 Å². The number of nitrogen functional groups attached to an aromatic ring is 1. The highest BCUT2D eigenvalue weighted by Crippen LogP contribution is 2.44. The van der Waals surface area contributed by atoms with Gasteiger partial charge in [0.15, 0.2) is 0 Å². The monoisotopic (exact) mass is 246 g/mol. The first-order valence-corrected chi connectivity index (χ1v) is 6.37. The number of β-amino-alcohol motifs (C(OH)–C–C–N with tert-alkyl or cyclic N) is 1. The number of rotatable bonds is 2. The van der Waals surface area contributed by atoms with Crippen molar-refractivity contribution in [3.63, 3.8) is 0 Å². The number of benzene rings is 1. The van der Waals surface area contributed by atoms with Crippen LogP contribution in [-0.2, 0) is 0 Å². The Morgan fingerprint density at radius 1 is 1.39 bits per heavy atom. The predicted octanol–water partition coefficient (Wildman–Crippen LogP) is 1.17. The molecular weight excluding hydrogens is 228 g/mol. The highest BCUT2D eigenvalue weighted by Gasteiger charge is 2.53. The van der Waals surface area contributed by atoms with E-state index < -0.39 is 5.60 Å². The number of nitrogens with two attached hydrogens (primary N) is 1. The minimum absolute atomic E-state index is 0.0317. The zero-order chi connectivity index (χ0) is 12.9. The molecule has 1 aliphatic heterocycles. The Kier molecular flexibility index (Phi) is 2.38. The lowest BCUT2D eigenvalue weighted by Gasteiger charge is -2.47. The van der Waals surface area contributed by atoms with Gasteiger partial charge in [0.1, 0.15) is 5.60 Å². The first kappa shape index (κ1) is 11.5. The quantitative estimate of drug-likeness (QED) is 0.770. The van der Waals surface area contributed by atoms with Gasteiger partial charge in [-0.2, -0.15) is 0 Å². The summed E-state index contributed by atoms with van der Waals surface area (Å²) >= 11 is 0. The van der Waals surface area contributed by atoms with E-state index in [1.165, 1.54) is 0 Å². The summed E-state index contributed by atoms with van der Waals surface area (Å²) in [7, 11) is 0. The fraction of sp³-hybridized carbons (Fsp3) is 0.500. The van der Waals surface area contributed by atoms with Gasteiger partial charge in [-0.25, -0.2) is 0 Å². The van der Waals surface area contributed by atoms with Crippen molar-refractivity contribution in [2.45, 2.75) is 25.4 Å². The maximum Gasteiger partial charge on any atom is 0.254 e. The average Bonchev–Trinajstić information content (AvgIpc) is 3.06. The van der Waals surface area contributed by atoms with Gasteiger partial charge < -0.3 is 15.7 Å². The molecule has 1 saturated heterocycles. The van der Waals surface area contributed by atoms with Crippen LogP contribution in [0.2, 0.25) is 0 Å². The van der Waals surface area contributed by atoms with Gasteiger partial charge in [-0.15, -0.1) is 0 Å². The van der Waals surface area contributed by atoms with E-state index in [0.717, 1.165) is 18.4 Å². The Balaban J connectivity index is 1.72. The van der Waals surface area contributed by atoms with Crippen LogP contribution in [-0.4, -0.2) is 34.6 Å². The van der Waals surface area contributed by atoms with Crippen molar-refractivity contribution in [1.82, 2.24) is 4.90 Å². The van der Waals surface area contributed by atoms with Crippen molar-refractivity contribution in [3.8, 4) is 0 Å². The summed E-state index contributed by atoms with van der Waals surface area (Å²) in [6.07, 6.45) is 2.19. The summed E-state index contributed by atoms with van der Waals surface area (Å²) in [6.45, 7) is 2.85. The fourth-order valence-corrected chi connectivity index (χ4v) is 2.76. The summed E-state index contributed by atoms with van der Waals surface area (Å²) in [5.41, 5.74) is 7.33. The molecule has 0 aromatic heterocycles. The topological polar surface area (TPSA) is 66.6 Å². The van der Waals surface area contributed by atoms with Crippen LogP contribution in [0.5, 0.6) is 0 Å². The van der Waals surface area contributed by atoms with Crippen LogP contribution in [0, 0.1) is 12.8 Å². The third kappa shape index (κ3) is 1.86. The van der Waals surface area contributed by atoms with Crippen molar-refractivity contribution in [3.05, 3.63) is 29.3 Å². The van der Waals surface area contributed by atoms with Gasteiger partial charge in [-0.3, -0.25) is 4.79 Å². The molecule has 0 radical (unpaired) electrons. The van der Waals surface area contributed by atoms with Crippen LogP contribution in [0.1, 0.15) is 28.8 Å². The first-order valence-electron chi connectivity index (χ1n) is 6.37. The lowest BCUT2D eigenvalue weighted by molar-refractivity contribution is -0.0958. The number of hydrogen-bond donors (Lipinski definition) is 2. The Morgan fingerprint density at radius 3 is 2.61 bits per heavy atom. The van der Waals surface area contributed by atoms with E-state index in [1.54, 1.807) is 11.0 Å². The van der Waals surface area contributed by atoms with E-state index in [0.29, 0.717) is 30.3 Å². The smallest absolute Gasteiger partial charge is 0.254 e. The first-order chi connectivity index (χ1) is 8.48. The summed E-state index contributed by atoms with van der Waals surface area (Å²) in [5, 5.41) is 10.2. The molecule has 1 amide bonds. The second-order valence-electron chi connectivity index (χ2n) is 5.67. The summed E-state index contributed by atoms with van der Waals surface area (Å²) in [6, 6.07) is 5.38. The molecule has 18 heavy (non-hydrogen) atoms.